The fourth-order valence-electron chi connectivity index (χ4n) is 2.71. The van der Waals surface area contributed by atoms with Crippen LogP contribution in [0.15, 0.2) is 52.9 Å². The lowest BCUT2D eigenvalue weighted by Gasteiger charge is -2.19. The van der Waals surface area contributed by atoms with Gasteiger partial charge in [0, 0.05) is 11.3 Å². The summed E-state index contributed by atoms with van der Waals surface area (Å²) in [4.78, 5) is 16.7. The first kappa shape index (κ1) is 19.7. The average Bonchev–Trinajstić information content (AvgIpc) is 2.98. The molecule has 3 rings (SSSR count). The Balaban J connectivity index is 1.58. The van der Waals surface area contributed by atoms with Gasteiger partial charge in [-0.25, -0.2) is 4.98 Å². The quantitative estimate of drug-likeness (QED) is 0.644. The van der Waals surface area contributed by atoms with Gasteiger partial charge in [-0.3, -0.25) is 4.79 Å². The zero-order valence-electron chi connectivity index (χ0n) is 17.0. The Labute approximate surface area is 165 Å². The van der Waals surface area contributed by atoms with Gasteiger partial charge in [0.15, 0.2) is 6.61 Å². The van der Waals surface area contributed by atoms with Crippen molar-refractivity contribution in [2.24, 2.45) is 0 Å². The number of oxazole rings is 1. The summed E-state index contributed by atoms with van der Waals surface area (Å²) < 4.78 is 11.2. The molecule has 0 aliphatic rings. The lowest BCUT2D eigenvalue weighted by molar-refractivity contribution is 0.102. The van der Waals surface area contributed by atoms with E-state index >= 15 is 0 Å². The van der Waals surface area contributed by atoms with Crippen LogP contribution >= 0.6 is 0 Å². The molecular formula is C23H26N2O3. The molecule has 0 bridgehead atoms. The highest BCUT2D eigenvalue weighted by molar-refractivity contribution is 6.04. The number of hydrogen-bond donors (Lipinski definition) is 1. The third-order valence-corrected chi connectivity index (χ3v) is 4.56. The molecule has 5 nitrogen and oxygen atoms in total. The first-order valence-corrected chi connectivity index (χ1v) is 9.30. The average molecular weight is 378 g/mol. The second-order valence-corrected chi connectivity index (χ2v) is 7.84. The molecule has 0 saturated carbocycles. The fraction of sp³-hybridized carbons (Fsp3) is 0.304. The number of aromatic nitrogens is 1. The minimum atomic E-state index is -0.139. The Bertz CT molecular complexity index is 930. The van der Waals surface area contributed by atoms with E-state index in [0.717, 1.165) is 11.5 Å². The minimum Gasteiger partial charge on any atom is -0.484 e. The van der Waals surface area contributed by atoms with E-state index in [1.807, 2.05) is 50.2 Å². The zero-order chi connectivity index (χ0) is 20.3. The standard InChI is InChI=1S/C23H26N2O3/c1-15-16(2)28-21(24-15)14-27-20-12-10-19(11-13-20)25-22(26)17-6-8-18(9-7-17)23(3,4)5/h6-13H,14H2,1-5H3,(H,25,26). The van der Waals surface area contributed by atoms with Gasteiger partial charge in [0.25, 0.3) is 5.91 Å². The molecule has 0 spiro atoms. The molecule has 0 radical (unpaired) electrons. The van der Waals surface area contributed by atoms with E-state index in [-0.39, 0.29) is 17.9 Å². The Morgan fingerprint density at radius 2 is 1.68 bits per heavy atom. The van der Waals surface area contributed by atoms with Crippen LogP contribution in [0.4, 0.5) is 5.69 Å². The van der Waals surface area contributed by atoms with Crippen molar-refractivity contribution in [1.82, 2.24) is 4.98 Å². The first-order valence-electron chi connectivity index (χ1n) is 9.30. The van der Waals surface area contributed by atoms with Gasteiger partial charge in [-0.1, -0.05) is 32.9 Å². The summed E-state index contributed by atoms with van der Waals surface area (Å²) in [7, 11) is 0. The SMILES string of the molecule is Cc1nc(COc2ccc(NC(=O)c3ccc(C(C)(C)C)cc3)cc2)oc1C. The summed E-state index contributed by atoms with van der Waals surface area (Å²) in [6, 6.07) is 14.9. The molecule has 0 saturated heterocycles. The van der Waals surface area contributed by atoms with Crippen molar-refractivity contribution >= 4 is 11.6 Å². The molecule has 28 heavy (non-hydrogen) atoms. The summed E-state index contributed by atoms with van der Waals surface area (Å²) >= 11 is 0. The number of ether oxygens (including phenoxy) is 1. The topological polar surface area (TPSA) is 64.4 Å². The molecule has 1 aromatic heterocycles. The van der Waals surface area contributed by atoms with Crippen molar-refractivity contribution in [3.05, 3.63) is 77.0 Å². The van der Waals surface area contributed by atoms with Gasteiger partial charge < -0.3 is 14.5 Å². The molecule has 0 unspecified atom stereocenters. The van der Waals surface area contributed by atoms with Crippen LogP contribution in [-0.4, -0.2) is 10.9 Å². The molecule has 2 aromatic carbocycles. The molecule has 0 aliphatic heterocycles. The summed E-state index contributed by atoms with van der Waals surface area (Å²) in [6.45, 7) is 10.5. The molecule has 0 fully saturated rings. The number of carbonyl (C=O) groups is 1. The monoisotopic (exact) mass is 378 g/mol. The lowest BCUT2D eigenvalue weighted by Crippen LogP contribution is -2.14. The normalized spacial score (nSPS) is 11.3. The molecule has 0 atom stereocenters. The maximum Gasteiger partial charge on any atom is 0.255 e. The van der Waals surface area contributed by atoms with Crippen molar-refractivity contribution in [3.8, 4) is 5.75 Å². The van der Waals surface area contributed by atoms with E-state index in [0.29, 0.717) is 22.9 Å². The van der Waals surface area contributed by atoms with Gasteiger partial charge in [-0.2, -0.15) is 0 Å². The van der Waals surface area contributed by atoms with Crippen LogP contribution in [0.25, 0.3) is 0 Å². The number of hydrogen-bond acceptors (Lipinski definition) is 4. The summed E-state index contributed by atoms with van der Waals surface area (Å²) in [5, 5.41) is 2.90. The first-order chi connectivity index (χ1) is 13.2. The Kier molecular flexibility index (Phi) is 5.54. The molecule has 3 aromatic rings. The van der Waals surface area contributed by atoms with Crippen molar-refractivity contribution in [3.63, 3.8) is 0 Å². The molecule has 0 aliphatic carbocycles. The predicted octanol–water partition coefficient (Wildman–Crippen LogP) is 5.42. The Morgan fingerprint density at radius 1 is 1.04 bits per heavy atom. The van der Waals surface area contributed by atoms with Crippen LogP contribution in [0.2, 0.25) is 0 Å². The number of amides is 1. The Morgan fingerprint density at radius 3 is 2.21 bits per heavy atom. The number of benzene rings is 2. The van der Waals surface area contributed by atoms with Gasteiger partial charge in [0.05, 0.1) is 5.69 Å². The van der Waals surface area contributed by atoms with Gasteiger partial charge in [0.1, 0.15) is 11.5 Å². The van der Waals surface area contributed by atoms with E-state index in [4.69, 9.17) is 9.15 Å². The number of nitrogens with one attached hydrogen (secondary N) is 1. The molecule has 1 heterocycles. The summed E-state index contributed by atoms with van der Waals surface area (Å²) in [6.07, 6.45) is 0. The Hall–Kier alpha value is -3.08. The summed E-state index contributed by atoms with van der Waals surface area (Å²) in [5.41, 5.74) is 3.46. The van der Waals surface area contributed by atoms with Crippen LogP contribution in [0, 0.1) is 13.8 Å². The van der Waals surface area contributed by atoms with Gasteiger partial charge in [0.2, 0.25) is 5.89 Å². The second kappa shape index (κ2) is 7.89. The van der Waals surface area contributed by atoms with Crippen LogP contribution in [0.5, 0.6) is 5.75 Å². The smallest absolute Gasteiger partial charge is 0.255 e. The molecule has 146 valence electrons. The number of carbonyl (C=O) groups excluding carboxylic acids is 1. The second-order valence-electron chi connectivity index (χ2n) is 7.84. The molecular weight excluding hydrogens is 352 g/mol. The van der Waals surface area contributed by atoms with E-state index in [1.54, 1.807) is 12.1 Å². The third-order valence-electron chi connectivity index (χ3n) is 4.56. The zero-order valence-corrected chi connectivity index (χ0v) is 17.0. The largest absolute Gasteiger partial charge is 0.484 e. The predicted molar refractivity (Wildman–Crippen MR) is 110 cm³/mol. The van der Waals surface area contributed by atoms with E-state index in [9.17, 15) is 4.79 Å². The molecule has 5 heteroatoms. The van der Waals surface area contributed by atoms with Gasteiger partial charge in [-0.15, -0.1) is 0 Å². The number of anilines is 1. The van der Waals surface area contributed by atoms with Crippen LogP contribution in [0.3, 0.4) is 0 Å². The number of aryl methyl sites for hydroxylation is 2. The maximum absolute atomic E-state index is 12.4. The lowest BCUT2D eigenvalue weighted by atomic mass is 9.87. The summed E-state index contributed by atoms with van der Waals surface area (Å²) in [5.74, 6) is 1.89. The van der Waals surface area contributed by atoms with E-state index < -0.39 is 0 Å². The number of nitrogens with zero attached hydrogens (tertiary/aromatic N) is 1. The van der Waals surface area contributed by atoms with Crippen molar-refractivity contribution in [1.29, 1.82) is 0 Å². The van der Waals surface area contributed by atoms with E-state index in [2.05, 4.69) is 31.1 Å². The van der Waals surface area contributed by atoms with Gasteiger partial charge in [-0.05, 0) is 61.2 Å². The van der Waals surface area contributed by atoms with Crippen LogP contribution in [0.1, 0.15) is 54.0 Å². The van der Waals surface area contributed by atoms with E-state index in [1.165, 1.54) is 5.56 Å². The van der Waals surface area contributed by atoms with Gasteiger partial charge >= 0.3 is 0 Å². The third kappa shape index (κ3) is 4.80. The van der Waals surface area contributed by atoms with Crippen molar-refractivity contribution in [2.45, 2.75) is 46.6 Å². The number of rotatable bonds is 5. The highest BCUT2D eigenvalue weighted by atomic mass is 16.5. The molecule has 1 amide bonds. The van der Waals surface area contributed by atoms with Crippen LogP contribution in [-0.2, 0) is 12.0 Å². The fourth-order valence-corrected chi connectivity index (χ4v) is 2.71. The van der Waals surface area contributed by atoms with Crippen molar-refractivity contribution in [2.75, 3.05) is 5.32 Å². The molecule has 1 N–H and O–H groups in total. The highest BCUT2D eigenvalue weighted by Crippen LogP contribution is 2.23. The van der Waals surface area contributed by atoms with Crippen molar-refractivity contribution < 1.29 is 13.9 Å². The maximum atomic E-state index is 12.4. The van der Waals surface area contributed by atoms with Crippen LogP contribution < -0.4 is 10.1 Å². The highest BCUT2D eigenvalue weighted by Gasteiger charge is 2.14. The minimum absolute atomic E-state index is 0.0629.